The first-order valence-electron chi connectivity index (χ1n) is 8.33. The molecule has 0 aromatic heterocycles. The van der Waals surface area contributed by atoms with Gasteiger partial charge in [0.1, 0.15) is 0 Å². The number of hydrogen-bond acceptors (Lipinski definition) is 3. The normalized spacial score (nSPS) is 30.2. The standard InChI is InChI=1S/C16H30N2O2/c1-4-17-9-7-8-14(17)12-18(5-2)16(19)13-10-15(11-13)20-6-3/h13-15H,4-12H2,1-3H3. The summed E-state index contributed by atoms with van der Waals surface area (Å²) in [4.78, 5) is 17.1. The zero-order chi connectivity index (χ0) is 14.5. The fraction of sp³-hybridized carbons (Fsp3) is 0.938. The fourth-order valence-electron chi connectivity index (χ4n) is 3.54. The van der Waals surface area contributed by atoms with Crippen LogP contribution in [-0.4, -0.2) is 60.6 Å². The smallest absolute Gasteiger partial charge is 0.225 e. The van der Waals surface area contributed by atoms with E-state index in [1.807, 2.05) is 6.92 Å². The van der Waals surface area contributed by atoms with E-state index in [-0.39, 0.29) is 5.92 Å². The molecule has 2 rings (SSSR count). The summed E-state index contributed by atoms with van der Waals surface area (Å²) in [5, 5.41) is 0. The Hall–Kier alpha value is -0.610. The first-order chi connectivity index (χ1) is 9.69. The van der Waals surface area contributed by atoms with Crippen LogP contribution in [-0.2, 0) is 9.53 Å². The highest BCUT2D eigenvalue weighted by molar-refractivity contribution is 5.79. The predicted molar refractivity (Wildman–Crippen MR) is 80.7 cm³/mol. The number of hydrogen-bond donors (Lipinski definition) is 0. The van der Waals surface area contributed by atoms with Gasteiger partial charge in [0.15, 0.2) is 0 Å². The van der Waals surface area contributed by atoms with E-state index >= 15 is 0 Å². The van der Waals surface area contributed by atoms with E-state index in [4.69, 9.17) is 4.74 Å². The Kier molecular flexibility index (Phi) is 5.85. The number of likely N-dealkylation sites (tertiary alicyclic amines) is 1. The summed E-state index contributed by atoms with van der Waals surface area (Å²) >= 11 is 0. The largest absolute Gasteiger partial charge is 0.378 e. The SMILES string of the molecule is CCOC1CC(C(=O)N(CC)CC2CCCN2CC)C1. The van der Waals surface area contributed by atoms with Crippen LogP contribution in [0.2, 0.25) is 0 Å². The average Bonchev–Trinajstić information content (AvgIpc) is 2.86. The number of rotatable bonds is 7. The number of amides is 1. The molecular formula is C16H30N2O2. The Bertz CT molecular complexity index is 316. The van der Waals surface area contributed by atoms with Gasteiger partial charge in [0, 0.05) is 31.7 Å². The first kappa shape index (κ1) is 15.8. The van der Waals surface area contributed by atoms with Crippen LogP contribution in [0.5, 0.6) is 0 Å². The van der Waals surface area contributed by atoms with Crippen molar-refractivity contribution in [2.75, 3.05) is 32.8 Å². The molecule has 0 radical (unpaired) electrons. The van der Waals surface area contributed by atoms with Gasteiger partial charge in [-0.25, -0.2) is 0 Å². The van der Waals surface area contributed by atoms with Crippen molar-refractivity contribution in [2.45, 2.75) is 58.6 Å². The third-order valence-electron chi connectivity index (χ3n) is 4.88. The van der Waals surface area contributed by atoms with E-state index in [2.05, 4.69) is 23.6 Å². The zero-order valence-electron chi connectivity index (χ0n) is 13.3. The molecule has 1 heterocycles. The molecule has 1 aliphatic carbocycles. The maximum atomic E-state index is 12.5. The lowest BCUT2D eigenvalue weighted by Crippen LogP contribution is -2.48. The molecule has 0 spiro atoms. The molecule has 2 fully saturated rings. The minimum atomic E-state index is 0.211. The summed E-state index contributed by atoms with van der Waals surface area (Å²) in [6, 6.07) is 0.576. The molecule has 0 bridgehead atoms. The molecular weight excluding hydrogens is 252 g/mol. The Labute approximate surface area is 123 Å². The lowest BCUT2D eigenvalue weighted by atomic mass is 9.81. The van der Waals surface area contributed by atoms with E-state index in [0.29, 0.717) is 18.1 Å². The third-order valence-corrected chi connectivity index (χ3v) is 4.88. The molecule has 1 saturated carbocycles. The van der Waals surface area contributed by atoms with Crippen LogP contribution in [0.1, 0.15) is 46.5 Å². The second kappa shape index (κ2) is 7.41. The molecule has 20 heavy (non-hydrogen) atoms. The summed E-state index contributed by atoms with van der Waals surface area (Å²) in [6.07, 6.45) is 4.69. The highest BCUT2D eigenvalue weighted by Crippen LogP contribution is 2.32. The van der Waals surface area contributed by atoms with Crippen molar-refractivity contribution in [1.29, 1.82) is 0 Å². The van der Waals surface area contributed by atoms with E-state index in [1.165, 1.54) is 19.4 Å². The summed E-state index contributed by atoms with van der Waals surface area (Å²) < 4.78 is 5.56. The van der Waals surface area contributed by atoms with Gasteiger partial charge in [0.25, 0.3) is 0 Å². The highest BCUT2D eigenvalue weighted by Gasteiger charge is 2.38. The van der Waals surface area contributed by atoms with E-state index in [9.17, 15) is 4.79 Å². The van der Waals surface area contributed by atoms with Gasteiger partial charge in [-0.1, -0.05) is 6.92 Å². The minimum Gasteiger partial charge on any atom is -0.378 e. The lowest BCUT2D eigenvalue weighted by Gasteiger charge is -2.38. The Morgan fingerprint density at radius 3 is 2.65 bits per heavy atom. The summed E-state index contributed by atoms with van der Waals surface area (Å²) in [7, 11) is 0. The second-order valence-corrected chi connectivity index (χ2v) is 6.05. The zero-order valence-corrected chi connectivity index (χ0v) is 13.3. The fourth-order valence-corrected chi connectivity index (χ4v) is 3.54. The molecule has 0 N–H and O–H groups in total. The predicted octanol–water partition coefficient (Wildman–Crippen LogP) is 2.13. The van der Waals surface area contributed by atoms with Gasteiger partial charge in [-0.2, -0.15) is 0 Å². The Morgan fingerprint density at radius 2 is 2.05 bits per heavy atom. The maximum absolute atomic E-state index is 12.5. The molecule has 1 saturated heterocycles. The molecule has 0 aromatic carbocycles. The van der Waals surface area contributed by atoms with E-state index in [1.54, 1.807) is 0 Å². The van der Waals surface area contributed by atoms with Crippen molar-refractivity contribution < 1.29 is 9.53 Å². The monoisotopic (exact) mass is 282 g/mol. The van der Waals surface area contributed by atoms with Crippen LogP contribution in [0.25, 0.3) is 0 Å². The molecule has 0 aromatic rings. The second-order valence-electron chi connectivity index (χ2n) is 6.05. The molecule has 2 aliphatic rings. The first-order valence-corrected chi connectivity index (χ1v) is 8.33. The van der Waals surface area contributed by atoms with Crippen molar-refractivity contribution >= 4 is 5.91 Å². The van der Waals surface area contributed by atoms with Crippen LogP contribution >= 0.6 is 0 Å². The molecule has 116 valence electrons. The lowest BCUT2D eigenvalue weighted by molar-refractivity contribution is -0.145. The maximum Gasteiger partial charge on any atom is 0.225 e. The van der Waals surface area contributed by atoms with Crippen molar-refractivity contribution in [2.24, 2.45) is 5.92 Å². The summed E-state index contributed by atoms with van der Waals surface area (Å²) in [5.74, 6) is 0.564. The Balaban J connectivity index is 1.81. The molecule has 1 amide bonds. The van der Waals surface area contributed by atoms with Crippen LogP contribution < -0.4 is 0 Å². The van der Waals surface area contributed by atoms with E-state index in [0.717, 1.165) is 39.1 Å². The van der Waals surface area contributed by atoms with Gasteiger partial charge in [-0.3, -0.25) is 9.69 Å². The molecule has 1 aliphatic heterocycles. The van der Waals surface area contributed by atoms with Gasteiger partial charge in [-0.05, 0) is 52.6 Å². The number of likely N-dealkylation sites (N-methyl/N-ethyl adjacent to an activating group) is 2. The third kappa shape index (κ3) is 3.53. The topological polar surface area (TPSA) is 32.8 Å². The molecule has 1 atom stereocenters. The van der Waals surface area contributed by atoms with Gasteiger partial charge in [0.2, 0.25) is 5.91 Å². The minimum absolute atomic E-state index is 0.211. The van der Waals surface area contributed by atoms with Crippen LogP contribution in [0.4, 0.5) is 0 Å². The van der Waals surface area contributed by atoms with Gasteiger partial charge in [-0.15, -0.1) is 0 Å². The number of nitrogens with zero attached hydrogens (tertiary/aromatic N) is 2. The number of ether oxygens (including phenoxy) is 1. The van der Waals surface area contributed by atoms with Crippen LogP contribution in [0.3, 0.4) is 0 Å². The molecule has 4 heteroatoms. The Morgan fingerprint density at radius 1 is 1.30 bits per heavy atom. The van der Waals surface area contributed by atoms with Gasteiger partial charge >= 0.3 is 0 Å². The summed E-state index contributed by atoms with van der Waals surface area (Å²) in [5.41, 5.74) is 0. The quantitative estimate of drug-likeness (QED) is 0.717. The number of carbonyl (C=O) groups excluding carboxylic acids is 1. The van der Waals surface area contributed by atoms with Crippen molar-refractivity contribution in [1.82, 2.24) is 9.80 Å². The van der Waals surface area contributed by atoms with E-state index < -0.39 is 0 Å². The van der Waals surface area contributed by atoms with Crippen LogP contribution in [0.15, 0.2) is 0 Å². The van der Waals surface area contributed by atoms with Gasteiger partial charge in [0.05, 0.1) is 6.10 Å². The average molecular weight is 282 g/mol. The van der Waals surface area contributed by atoms with Crippen molar-refractivity contribution in [3.05, 3.63) is 0 Å². The number of carbonyl (C=O) groups is 1. The summed E-state index contributed by atoms with van der Waals surface area (Å²) in [6.45, 7) is 11.1. The molecule has 1 unspecified atom stereocenters. The highest BCUT2D eigenvalue weighted by atomic mass is 16.5. The van der Waals surface area contributed by atoms with Crippen LogP contribution in [0, 0.1) is 5.92 Å². The van der Waals surface area contributed by atoms with Crippen molar-refractivity contribution in [3.63, 3.8) is 0 Å². The molecule has 4 nitrogen and oxygen atoms in total. The van der Waals surface area contributed by atoms with Gasteiger partial charge < -0.3 is 9.64 Å². The van der Waals surface area contributed by atoms with Crippen molar-refractivity contribution in [3.8, 4) is 0 Å².